The van der Waals surface area contributed by atoms with Crippen molar-refractivity contribution in [2.45, 2.75) is 18.4 Å². The van der Waals surface area contributed by atoms with Crippen molar-refractivity contribution in [2.75, 3.05) is 6.61 Å². The lowest BCUT2D eigenvalue weighted by molar-refractivity contribution is -0.309. The topological polar surface area (TPSA) is 113 Å². The highest BCUT2D eigenvalue weighted by Crippen LogP contribution is 2.18. The summed E-state index contributed by atoms with van der Waals surface area (Å²) in [5, 5.41) is 20.3. The van der Waals surface area contributed by atoms with E-state index in [1.54, 1.807) is 0 Å². The first-order chi connectivity index (χ1) is 8.35. The monoisotopic (exact) mass is 257 g/mol. The van der Waals surface area contributed by atoms with Crippen LogP contribution in [-0.2, 0) is 23.9 Å². The molecule has 0 radical (unpaired) electrons. The van der Waals surface area contributed by atoms with Crippen molar-refractivity contribution in [3.63, 3.8) is 0 Å². The van der Waals surface area contributed by atoms with E-state index in [2.05, 4.69) is 22.6 Å². The van der Waals surface area contributed by atoms with Crippen molar-refractivity contribution in [1.29, 1.82) is 0 Å². The second-order valence-electron chi connectivity index (χ2n) is 3.30. The Morgan fingerprint density at radius 1 is 1.28 bits per heavy atom. The van der Waals surface area contributed by atoms with Gasteiger partial charge in [-0.05, 0) is 0 Å². The Balaban J connectivity index is 4.85. The van der Waals surface area contributed by atoms with E-state index in [1.807, 2.05) is 0 Å². The smallest absolute Gasteiger partial charge is 0.339 e. The number of hydrogen-bond donors (Lipinski definition) is 1. The SMILES string of the molecule is C=CCOC(=O)C(O)(CC(=O)[O-])CC(=O)OC=C. The molecule has 1 N–H and O–H groups in total. The quantitative estimate of drug-likeness (QED) is 0.325. The molecule has 7 nitrogen and oxygen atoms in total. The average molecular weight is 257 g/mol. The fourth-order valence-corrected chi connectivity index (χ4v) is 1.09. The summed E-state index contributed by atoms with van der Waals surface area (Å²) in [7, 11) is 0. The van der Waals surface area contributed by atoms with Gasteiger partial charge in [0.15, 0.2) is 5.60 Å². The Labute approximate surface area is 103 Å². The molecule has 1 atom stereocenters. The van der Waals surface area contributed by atoms with E-state index >= 15 is 0 Å². The van der Waals surface area contributed by atoms with Crippen LogP contribution in [0.2, 0.25) is 0 Å². The lowest BCUT2D eigenvalue weighted by Gasteiger charge is -2.24. The van der Waals surface area contributed by atoms with Crippen molar-refractivity contribution in [3.8, 4) is 0 Å². The molecule has 0 fully saturated rings. The van der Waals surface area contributed by atoms with Crippen molar-refractivity contribution < 1.29 is 34.1 Å². The van der Waals surface area contributed by atoms with Gasteiger partial charge in [0.2, 0.25) is 0 Å². The Bertz CT molecular complexity index is 360. The van der Waals surface area contributed by atoms with Crippen LogP contribution in [0.25, 0.3) is 0 Å². The third-order valence-corrected chi connectivity index (χ3v) is 1.80. The van der Waals surface area contributed by atoms with Gasteiger partial charge in [0, 0.05) is 12.4 Å². The fourth-order valence-electron chi connectivity index (χ4n) is 1.09. The second-order valence-corrected chi connectivity index (χ2v) is 3.30. The number of aliphatic carboxylic acids is 1. The molecule has 0 aliphatic heterocycles. The summed E-state index contributed by atoms with van der Waals surface area (Å²) in [5.74, 6) is -4.00. The molecule has 0 aliphatic rings. The Morgan fingerprint density at radius 2 is 1.89 bits per heavy atom. The first kappa shape index (κ1) is 15.9. The maximum atomic E-state index is 11.5. The molecule has 0 saturated heterocycles. The minimum absolute atomic E-state index is 0.231. The molecular formula is C11H13O7-. The molecule has 18 heavy (non-hydrogen) atoms. The van der Waals surface area contributed by atoms with E-state index in [1.165, 1.54) is 6.08 Å². The van der Waals surface area contributed by atoms with Crippen LogP contribution in [0, 0.1) is 0 Å². The lowest BCUT2D eigenvalue weighted by atomic mass is 9.96. The number of carbonyl (C=O) groups is 3. The third kappa shape index (κ3) is 5.26. The number of ether oxygens (including phenoxy) is 2. The van der Waals surface area contributed by atoms with E-state index in [9.17, 15) is 24.6 Å². The van der Waals surface area contributed by atoms with Gasteiger partial charge >= 0.3 is 11.9 Å². The van der Waals surface area contributed by atoms with Gasteiger partial charge in [0.05, 0.1) is 12.7 Å². The maximum absolute atomic E-state index is 11.5. The van der Waals surface area contributed by atoms with E-state index in [0.717, 1.165) is 6.26 Å². The molecule has 0 heterocycles. The summed E-state index contributed by atoms with van der Waals surface area (Å²) in [6, 6.07) is 0. The zero-order valence-corrected chi connectivity index (χ0v) is 9.59. The summed E-state index contributed by atoms with van der Waals surface area (Å²) < 4.78 is 8.80. The Kier molecular flexibility index (Phi) is 6.37. The van der Waals surface area contributed by atoms with Gasteiger partial charge in [0.25, 0.3) is 0 Å². The van der Waals surface area contributed by atoms with Crippen LogP contribution in [0.5, 0.6) is 0 Å². The van der Waals surface area contributed by atoms with Gasteiger partial charge in [-0.25, -0.2) is 4.79 Å². The van der Waals surface area contributed by atoms with Crippen molar-refractivity contribution in [2.24, 2.45) is 0 Å². The first-order valence-corrected chi connectivity index (χ1v) is 4.86. The minimum Gasteiger partial charge on any atom is -0.550 e. The molecule has 0 aromatic heterocycles. The normalized spacial score (nSPS) is 12.9. The number of carbonyl (C=O) groups excluding carboxylic acids is 3. The number of rotatable bonds is 8. The number of hydrogen-bond acceptors (Lipinski definition) is 7. The molecular weight excluding hydrogens is 244 g/mol. The summed E-state index contributed by atoms with van der Waals surface area (Å²) in [6.07, 6.45) is 0.0361. The first-order valence-electron chi connectivity index (χ1n) is 4.86. The molecule has 0 aromatic carbocycles. The highest BCUT2D eigenvalue weighted by atomic mass is 16.6. The average Bonchev–Trinajstić information content (AvgIpc) is 2.24. The maximum Gasteiger partial charge on any atom is 0.339 e. The van der Waals surface area contributed by atoms with Gasteiger partial charge < -0.3 is 24.5 Å². The molecule has 100 valence electrons. The largest absolute Gasteiger partial charge is 0.550 e. The van der Waals surface area contributed by atoms with Gasteiger partial charge in [-0.1, -0.05) is 19.2 Å². The van der Waals surface area contributed by atoms with Crippen LogP contribution < -0.4 is 5.11 Å². The van der Waals surface area contributed by atoms with Crippen LogP contribution in [0.3, 0.4) is 0 Å². The van der Waals surface area contributed by atoms with Crippen molar-refractivity contribution >= 4 is 17.9 Å². The van der Waals surface area contributed by atoms with E-state index in [0.29, 0.717) is 0 Å². The predicted molar refractivity (Wildman–Crippen MR) is 56.6 cm³/mol. The number of esters is 2. The second kappa shape index (κ2) is 7.23. The minimum atomic E-state index is -2.54. The summed E-state index contributed by atoms with van der Waals surface area (Å²) in [4.78, 5) is 33.0. The molecule has 0 spiro atoms. The van der Waals surface area contributed by atoms with Gasteiger partial charge in [-0.2, -0.15) is 0 Å². The molecule has 0 amide bonds. The Morgan fingerprint density at radius 3 is 2.33 bits per heavy atom. The lowest BCUT2D eigenvalue weighted by Crippen LogP contribution is -2.47. The number of carboxylic acid groups (broad SMARTS) is 1. The van der Waals surface area contributed by atoms with Gasteiger partial charge in [-0.15, -0.1) is 0 Å². The van der Waals surface area contributed by atoms with E-state index in [4.69, 9.17) is 0 Å². The van der Waals surface area contributed by atoms with Crippen LogP contribution in [0.15, 0.2) is 25.5 Å². The molecule has 0 aromatic rings. The van der Waals surface area contributed by atoms with Crippen LogP contribution in [0.4, 0.5) is 0 Å². The van der Waals surface area contributed by atoms with E-state index < -0.39 is 36.4 Å². The zero-order chi connectivity index (χ0) is 14.2. The third-order valence-electron chi connectivity index (χ3n) is 1.80. The van der Waals surface area contributed by atoms with Crippen LogP contribution >= 0.6 is 0 Å². The number of carboxylic acids is 1. The van der Waals surface area contributed by atoms with Gasteiger partial charge in [-0.3, -0.25) is 4.79 Å². The Hall–Kier alpha value is -2.15. The summed E-state index contributed by atoms with van der Waals surface area (Å²) >= 11 is 0. The summed E-state index contributed by atoms with van der Waals surface area (Å²) in [6.45, 7) is 6.15. The van der Waals surface area contributed by atoms with Crippen LogP contribution in [0.1, 0.15) is 12.8 Å². The molecule has 7 heteroatoms. The number of aliphatic hydroxyl groups is 1. The molecule has 0 saturated carbocycles. The van der Waals surface area contributed by atoms with Crippen LogP contribution in [-0.4, -0.2) is 35.2 Å². The van der Waals surface area contributed by atoms with Crippen molar-refractivity contribution in [3.05, 3.63) is 25.5 Å². The molecule has 0 bridgehead atoms. The highest BCUT2D eigenvalue weighted by molar-refractivity contribution is 5.89. The van der Waals surface area contributed by atoms with Crippen molar-refractivity contribution in [1.82, 2.24) is 0 Å². The molecule has 0 aliphatic carbocycles. The summed E-state index contributed by atoms with van der Waals surface area (Å²) in [5.41, 5.74) is -2.54. The highest BCUT2D eigenvalue weighted by Gasteiger charge is 2.40. The zero-order valence-electron chi connectivity index (χ0n) is 9.59. The fraction of sp³-hybridized carbons (Fsp3) is 0.364. The predicted octanol–water partition coefficient (Wildman–Crippen LogP) is -1.34. The standard InChI is InChI=1S/C11H14O7/c1-3-5-18-10(15)11(16,6-8(12)13)7-9(14)17-4-2/h3-4,16H,1-2,5-7H2,(H,12,13)/p-1. The molecule has 1 unspecified atom stereocenters. The van der Waals surface area contributed by atoms with E-state index in [-0.39, 0.29) is 6.61 Å². The van der Waals surface area contributed by atoms with Gasteiger partial charge in [0.1, 0.15) is 6.61 Å². The molecule has 0 rings (SSSR count).